The smallest absolute Gasteiger partial charge is 0.160 e. The first-order valence-electron chi connectivity index (χ1n) is 16.1. The summed E-state index contributed by atoms with van der Waals surface area (Å²) in [7, 11) is 0. The normalized spacial score (nSPS) is 12.9. The second kappa shape index (κ2) is 12.1. The molecular weight excluding hydrogens is 603 g/mol. The van der Waals surface area contributed by atoms with Crippen molar-refractivity contribution in [2.24, 2.45) is 0 Å². The van der Waals surface area contributed by atoms with Gasteiger partial charge in [-0.3, -0.25) is 0 Å². The molecule has 1 aromatic heterocycles. The summed E-state index contributed by atoms with van der Waals surface area (Å²) in [6.07, 6.45) is 0. The molecule has 0 unspecified atom stereocenters. The topological polar surface area (TPSA) is 49.6 Å². The van der Waals surface area contributed by atoms with E-state index in [2.05, 4.69) is 135 Å². The molecule has 0 amide bonds. The lowest BCUT2D eigenvalue weighted by molar-refractivity contribution is 0.607. The maximum absolute atomic E-state index is 9.63. The lowest BCUT2D eigenvalue weighted by Gasteiger charge is -2.35. The van der Waals surface area contributed by atoms with Gasteiger partial charge in [0.1, 0.15) is 0 Å². The van der Waals surface area contributed by atoms with Gasteiger partial charge in [-0.1, -0.05) is 141 Å². The van der Waals surface area contributed by atoms with Crippen LogP contribution in [-0.4, -0.2) is 9.97 Å². The number of nitrogens with zero attached hydrogens (tertiary/aromatic N) is 3. The molecule has 0 saturated heterocycles. The van der Waals surface area contributed by atoms with Crippen molar-refractivity contribution in [1.82, 2.24) is 9.97 Å². The Morgan fingerprint density at radius 2 is 1.00 bits per heavy atom. The molecule has 228 valence electrons. The van der Waals surface area contributed by atoms with Crippen molar-refractivity contribution >= 4 is 11.8 Å². The third-order valence-corrected chi connectivity index (χ3v) is 10.4. The van der Waals surface area contributed by atoms with Crippen LogP contribution >= 0.6 is 11.8 Å². The third-order valence-electron chi connectivity index (χ3n) is 9.21. The molecule has 0 saturated carbocycles. The quantitative estimate of drug-likeness (QED) is 0.189. The minimum absolute atomic E-state index is 0.266. The number of nitriles is 1. The van der Waals surface area contributed by atoms with E-state index in [-0.39, 0.29) is 5.41 Å². The number of rotatable bonds is 5. The van der Waals surface area contributed by atoms with Crippen LogP contribution < -0.4 is 0 Å². The van der Waals surface area contributed by atoms with Gasteiger partial charge in [0.25, 0.3) is 0 Å². The zero-order chi connectivity index (χ0) is 32.7. The fourth-order valence-corrected chi connectivity index (χ4v) is 8.05. The van der Waals surface area contributed by atoms with Gasteiger partial charge in [0.2, 0.25) is 0 Å². The van der Waals surface area contributed by atoms with Gasteiger partial charge in [0.05, 0.1) is 23.0 Å². The molecule has 0 spiro atoms. The standard InChI is InChI=1S/C44H31N3S/c1-44(2)37-25-29(28-45)21-23-41(37)48-42-24-22-32(26-38(42)44)34-18-10-12-20-36(34)40-27-39(46-43(47-40)31-15-7-4-8-16-31)35-19-11-9-17-33(35)30-13-5-3-6-14-30/h3-27H,1-2H3. The van der Waals surface area contributed by atoms with Crippen molar-refractivity contribution in [3.8, 4) is 62.2 Å². The monoisotopic (exact) mass is 633 g/mol. The van der Waals surface area contributed by atoms with Crippen molar-refractivity contribution < 1.29 is 0 Å². The second-order valence-electron chi connectivity index (χ2n) is 12.5. The van der Waals surface area contributed by atoms with Crippen molar-refractivity contribution in [3.63, 3.8) is 0 Å². The van der Waals surface area contributed by atoms with E-state index in [0.29, 0.717) is 11.4 Å². The second-order valence-corrected chi connectivity index (χ2v) is 13.6. The van der Waals surface area contributed by atoms with Gasteiger partial charge in [-0.15, -0.1) is 0 Å². The van der Waals surface area contributed by atoms with Crippen LogP contribution in [0.25, 0.3) is 56.2 Å². The van der Waals surface area contributed by atoms with E-state index in [0.717, 1.165) is 50.3 Å². The van der Waals surface area contributed by atoms with Crippen LogP contribution in [0.2, 0.25) is 0 Å². The van der Waals surface area contributed by atoms with E-state index in [1.54, 1.807) is 11.8 Å². The molecule has 2 heterocycles. The summed E-state index contributed by atoms with van der Waals surface area (Å²) < 4.78 is 0. The van der Waals surface area contributed by atoms with Crippen molar-refractivity contribution in [2.75, 3.05) is 0 Å². The molecule has 3 nitrogen and oxygen atoms in total. The molecule has 1 aliphatic heterocycles. The van der Waals surface area contributed by atoms with Crippen LogP contribution in [0.5, 0.6) is 0 Å². The maximum atomic E-state index is 9.63. The largest absolute Gasteiger partial charge is 0.228 e. The van der Waals surface area contributed by atoms with Gasteiger partial charge in [0, 0.05) is 31.9 Å². The van der Waals surface area contributed by atoms with Gasteiger partial charge in [-0.05, 0) is 69.8 Å². The average molecular weight is 634 g/mol. The van der Waals surface area contributed by atoms with E-state index in [4.69, 9.17) is 9.97 Å². The molecule has 0 N–H and O–H groups in total. The molecule has 0 atom stereocenters. The van der Waals surface area contributed by atoms with Crippen LogP contribution in [-0.2, 0) is 5.41 Å². The first-order chi connectivity index (χ1) is 23.5. The highest BCUT2D eigenvalue weighted by Gasteiger charge is 2.33. The first-order valence-corrected chi connectivity index (χ1v) is 16.9. The summed E-state index contributed by atoms with van der Waals surface area (Å²) in [5.41, 5.74) is 12.2. The van der Waals surface area contributed by atoms with Crippen molar-refractivity contribution in [1.29, 1.82) is 5.26 Å². The summed E-state index contributed by atoms with van der Waals surface area (Å²) in [5.74, 6) is 0.689. The lowest BCUT2D eigenvalue weighted by atomic mass is 9.76. The Labute approximate surface area is 285 Å². The summed E-state index contributed by atoms with van der Waals surface area (Å²) in [5, 5.41) is 9.63. The Kier molecular flexibility index (Phi) is 7.48. The zero-order valence-electron chi connectivity index (χ0n) is 26.7. The molecule has 1 aliphatic rings. The fourth-order valence-electron chi connectivity index (χ4n) is 6.69. The molecule has 0 bridgehead atoms. The Morgan fingerprint density at radius 1 is 0.500 bits per heavy atom. The molecule has 0 aliphatic carbocycles. The van der Waals surface area contributed by atoms with E-state index >= 15 is 0 Å². The Balaban J connectivity index is 1.30. The molecule has 0 radical (unpaired) electrons. The summed E-state index contributed by atoms with van der Waals surface area (Å²) in [6, 6.07) is 55.0. The SMILES string of the molecule is CC1(C)c2cc(C#N)ccc2Sc2ccc(-c3ccccc3-c3cc(-c4ccccc4-c4ccccc4)nc(-c4ccccc4)n3)cc21. The summed E-state index contributed by atoms with van der Waals surface area (Å²) in [4.78, 5) is 12.8. The van der Waals surface area contributed by atoms with Crippen LogP contribution in [0.4, 0.5) is 0 Å². The van der Waals surface area contributed by atoms with Gasteiger partial charge >= 0.3 is 0 Å². The van der Waals surface area contributed by atoms with Gasteiger partial charge in [-0.2, -0.15) is 5.26 Å². The van der Waals surface area contributed by atoms with Crippen molar-refractivity contribution in [2.45, 2.75) is 29.1 Å². The van der Waals surface area contributed by atoms with E-state index in [9.17, 15) is 5.26 Å². The average Bonchev–Trinajstić information content (AvgIpc) is 3.15. The van der Waals surface area contributed by atoms with Gasteiger partial charge < -0.3 is 0 Å². The molecule has 4 heteroatoms. The highest BCUT2D eigenvalue weighted by molar-refractivity contribution is 7.99. The van der Waals surface area contributed by atoms with E-state index in [1.807, 2.05) is 36.4 Å². The highest BCUT2D eigenvalue weighted by atomic mass is 32.2. The number of benzene rings is 6. The van der Waals surface area contributed by atoms with E-state index < -0.39 is 0 Å². The first kappa shape index (κ1) is 29.6. The van der Waals surface area contributed by atoms with Crippen molar-refractivity contribution in [3.05, 3.63) is 168 Å². The van der Waals surface area contributed by atoms with Crippen LogP contribution in [0.15, 0.2) is 161 Å². The molecule has 0 fully saturated rings. The lowest BCUT2D eigenvalue weighted by Crippen LogP contribution is -2.24. The molecule has 8 rings (SSSR count). The molecule has 48 heavy (non-hydrogen) atoms. The Hall–Kier alpha value is -5.76. The number of hydrogen-bond acceptors (Lipinski definition) is 4. The predicted octanol–water partition coefficient (Wildman–Crippen LogP) is 11.5. The highest BCUT2D eigenvalue weighted by Crippen LogP contribution is 2.50. The summed E-state index contributed by atoms with van der Waals surface area (Å²) >= 11 is 1.78. The minimum Gasteiger partial charge on any atom is -0.228 e. The number of aromatic nitrogens is 2. The number of fused-ring (bicyclic) bond motifs is 2. The third kappa shape index (κ3) is 5.29. The van der Waals surface area contributed by atoms with E-state index in [1.165, 1.54) is 20.9 Å². The summed E-state index contributed by atoms with van der Waals surface area (Å²) in [6.45, 7) is 4.52. The van der Waals surface area contributed by atoms with Crippen LogP contribution in [0.3, 0.4) is 0 Å². The predicted molar refractivity (Wildman–Crippen MR) is 197 cm³/mol. The maximum Gasteiger partial charge on any atom is 0.160 e. The van der Waals surface area contributed by atoms with Crippen LogP contribution in [0.1, 0.15) is 30.5 Å². The van der Waals surface area contributed by atoms with Gasteiger partial charge in [0.15, 0.2) is 5.82 Å². The Bertz CT molecular complexity index is 2350. The van der Waals surface area contributed by atoms with Gasteiger partial charge in [-0.25, -0.2) is 9.97 Å². The van der Waals surface area contributed by atoms with Crippen LogP contribution in [0, 0.1) is 11.3 Å². The molecular formula is C44H31N3S. The minimum atomic E-state index is -0.266. The zero-order valence-corrected chi connectivity index (χ0v) is 27.5. The number of hydrogen-bond donors (Lipinski definition) is 0. The Morgan fingerprint density at radius 3 is 1.60 bits per heavy atom. The fraction of sp³-hybridized carbons (Fsp3) is 0.0682. The molecule has 7 aromatic rings. The molecule has 6 aromatic carbocycles.